The number of hydrogen-bond acceptors (Lipinski definition) is 4. The van der Waals surface area contributed by atoms with Gasteiger partial charge in [-0.15, -0.1) is 0 Å². The topological polar surface area (TPSA) is 48.6 Å². The number of aliphatic hydroxyl groups is 1. The van der Waals surface area contributed by atoms with E-state index in [1.807, 2.05) is 12.1 Å². The van der Waals surface area contributed by atoms with E-state index in [0.717, 1.165) is 18.8 Å². The normalized spacial score (nSPS) is 26.6. The molecule has 1 aromatic rings. The van der Waals surface area contributed by atoms with Crippen molar-refractivity contribution in [1.29, 1.82) is 0 Å². The van der Waals surface area contributed by atoms with E-state index in [2.05, 4.69) is 24.1 Å². The molecular weight excluding hydrogens is 204 g/mol. The molecule has 2 N–H and O–H groups in total. The van der Waals surface area contributed by atoms with Gasteiger partial charge in [0.2, 0.25) is 0 Å². The molecule has 2 rings (SSSR count). The molecule has 0 radical (unpaired) electrons. The maximum Gasteiger partial charge on any atom is 0.117 e. The van der Waals surface area contributed by atoms with Crippen molar-refractivity contribution in [2.75, 3.05) is 19.6 Å². The van der Waals surface area contributed by atoms with Gasteiger partial charge in [0, 0.05) is 25.2 Å². The fourth-order valence-electron chi connectivity index (χ4n) is 2.18. The Morgan fingerprint density at radius 3 is 3.12 bits per heavy atom. The van der Waals surface area contributed by atoms with Gasteiger partial charge in [-0.05, 0) is 26.0 Å². The first-order valence-electron chi connectivity index (χ1n) is 5.73. The molecule has 0 aliphatic carbocycles. The molecule has 1 atom stereocenters. The van der Waals surface area contributed by atoms with Crippen LogP contribution in [0.2, 0.25) is 0 Å². The van der Waals surface area contributed by atoms with Crippen molar-refractivity contribution in [1.82, 2.24) is 10.2 Å². The third-order valence-corrected chi connectivity index (χ3v) is 2.86. The molecule has 1 aliphatic rings. The molecule has 90 valence electrons. The summed E-state index contributed by atoms with van der Waals surface area (Å²) in [5.41, 5.74) is 0.0318. The van der Waals surface area contributed by atoms with E-state index in [9.17, 15) is 5.11 Å². The number of rotatable bonds is 2. The molecule has 0 saturated carbocycles. The highest BCUT2D eigenvalue weighted by atomic mass is 16.3. The average molecular weight is 224 g/mol. The van der Waals surface area contributed by atoms with E-state index < -0.39 is 0 Å². The van der Waals surface area contributed by atoms with Crippen LogP contribution in [0.4, 0.5) is 0 Å². The van der Waals surface area contributed by atoms with E-state index >= 15 is 0 Å². The lowest BCUT2D eigenvalue weighted by atomic mass is 10.1. The van der Waals surface area contributed by atoms with Crippen LogP contribution in [-0.4, -0.2) is 41.3 Å². The van der Waals surface area contributed by atoms with Gasteiger partial charge >= 0.3 is 0 Å². The van der Waals surface area contributed by atoms with Crippen LogP contribution in [0, 0.1) is 0 Å². The molecular formula is C12H20N2O2. The van der Waals surface area contributed by atoms with Crippen molar-refractivity contribution in [3.63, 3.8) is 0 Å². The molecule has 0 amide bonds. The second-order valence-corrected chi connectivity index (χ2v) is 5.17. The molecule has 1 fully saturated rings. The summed E-state index contributed by atoms with van der Waals surface area (Å²) in [4.78, 5) is 2.23. The highest BCUT2D eigenvalue weighted by Crippen LogP contribution is 2.14. The van der Waals surface area contributed by atoms with Crippen molar-refractivity contribution in [2.24, 2.45) is 0 Å². The predicted octanol–water partition coefficient (Wildman–Crippen LogP) is 0.824. The second kappa shape index (κ2) is 4.57. The lowest BCUT2D eigenvalue weighted by molar-refractivity contribution is 0.121. The zero-order valence-corrected chi connectivity index (χ0v) is 9.94. The van der Waals surface area contributed by atoms with Crippen molar-refractivity contribution in [2.45, 2.75) is 32.0 Å². The standard InChI is InChI=1S/C12H20N2O2/c1-12(2)9-14(7-10(15)6-13-12)8-11-4-3-5-16-11/h3-5,10,13,15H,6-9H2,1-2H3. The molecule has 16 heavy (non-hydrogen) atoms. The summed E-state index contributed by atoms with van der Waals surface area (Å²) in [6.07, 6.45) is 1.38. The first kappa shape index (κ1) is 11.6. The molecule has 2 heterocycles. The largest absolute Gasteiger partial charge is 0.468 e. The predicted molar refractivity (Wildman–Crippen MR) is 62.1 cm³/mol. The van der Waals surface area contributed by atoms with Crippen LogP contribution in [-0.2, 0) is 6.54 Å². The summed E-state index contributed by atoms with van der Waals surface area (Å²) in [5, 5.41) is 13.1. The summed E-state index contributed by atoms with van der Waals surface area (Å²) in [5.74, 6) is 0.949. The molecule has 4 nitrogen and oxygen atoms in total. The summed E-state index contributed by atoms with van der Waals surface area (Å²) < 4.78 is 5.34. The van der Waals surface area contributed by atoms with Crippen molar-refractivity contribution >= 4 is 0 Å². The second-order valence-electron chi connectivity index (χ2n) is 5.17. The number of furan rings is 1. The van der Waals surface area contributed by atoms with E-state index in [0.29, 0.717) is 13.1 Å². The molecule has 0 spiro atoms. The third kappa shape index (κ3) is 3.07. The van der Waals surface area contributed by atoms with Gasteiger partial charge in [0.05, 0.1) is 18.9 Å². The van der Waals surface area contributed by atoms with Crippen molar-refractivity contribution < 1.29 is 9.52 Å². The van der Waals surface area contributed by atoms with Crippen LogP contribution in [0.25, 0.3) is 0 Å². The van der Waals surface area contributed by atoms with Gasteiger partial charge in [0.25, 0.3) is 0 Å². The number of nitrogens with one attached hydrogen (secondary N) is 1. The monoisotopic (exact) mass is 224 g/mol. The van der Waals surface area contributed by atoms with Crippen LogP contribution >= 0.6 is 0 Å². The Hall–Kier alpha value is -0.840. The smallest absolute Gasteiger partial charge is 0.117 e. The van der Waals surface area contributed by atoms with Gasteiger partial charge in [0.1, 0.15) is 5.76 Å². The first-order valence-corrected chi connectivity index (χ1v) is 5.73. The molecule has 0 bridgehead atoms. The molecule has 1 saturated heterocycles. The Balaban J connectivity index is 2.01. The van der Waals surface area contributed by atoms with Gasteiger partial charge in [0.15, 0.2) is 0 Å². The Labute approximate surface area is 96.2 Å². The zero-order valence-electron chi connectivity index (χ0n) is 9.94. The highest BCUT2D eigenvalue weighted by Gasteiger charge is 2.27. The number of β-amino-alcohol motifs (C(OH)–C–C–N with tert-alkyl or cyclic N) is 1. The van der Waals surface area contributed by atoms with Gasteiger partial charge in [-0.3, -0.25) is 4.90 Å². The quantitative estimate of drug-likeness (QED) is 0.781. The fraction of sp³-hybridized carbons (Fsp3) is 0.667. The Bertz CT molecular complexity index is 322. The third-order valence-electron chi connectivity index (χ3n) is 2.86. The van der Waals surface area contributed by atoms with Gasteiger partial charge in [-0.2, -0.15) is 0 Å². The van der Waals surface area contributed by atoms with Crippen LogP contribution < -0.4 is 5.32 Å². The Morgan fingerprint density at radius 1 is 1.62 bits per heavy atom. The highest BCUT2D eigenvalue weighted by molar-refractivity contribution is 4.99. The molecule has 1 unspecified atom stereocenters. The lowest BCUT2D eigenvalue weighted by Crippen LogP contribution is -2.46. The minimum absolute atomic E-state index is 0.0318. The van der Waals surface area contributed by atoms with Crippen LogP contribution in [0.5, 0.6) is 0 Å². The minimum atomic E-state index is -0.309. The summed E-state index contributed by atoms with van der Waals surface area (Å²) in [6.45, 7) is 7.32. The van der Waals surface area contributed by atoms with E-state index in [-0.39, 0.29) is 11.6 Å². The summed E-state index contributed by atoms with van der Waals surface area (Å²) in [6, 6.07) is 3.87. The van der Waals surface area contributed by atoms with Crippen LogP contribution in [0.15, 0.2) is 22.8 Å². The number of hydrogen-bond donors (Lipinski definition) is 2. The lowest BCUT2D eigenvalue weighted by Gasteiger charge is -2.29. The van der Waals surface area contributed by atoms with Crippen LogP contribution in [0.1, 0.15) is 19.6 Å². The molecule has 4 heteroatoms. The minimum Gasteiger partial charge on any atom is -0.468 e. The van der Waals surface area contributed by atoms with Gasteiger partial charge in [-0.1, -0.05) is 0 Å². The fourth-order valence-corrected chi connectivity index (χ4v) is 2.18. The number of aliphatic hydroxyl groups excluding tert-OH is 1. The summed E-state index contributed by atoms with van der Waals surface area (Å²) >= 11 is 0. The van der Waals surface area contributed by atoms with Crippen molar-refractivity contribution in [3.8, 4) is 0 Å². The van der Waals surface area contributed by atoms with E-state index in [1.54, 1.807) is 6.26 Å². The Morgan fingerprint density at radius 2 is 2.44 bits per heavy atom. The van der Waals surface area contributed by atoms with Gasteiger partial charge in [-0.25, -0.2) is 0 Å². The maximum absolute atomic E-state index is 9.79. The Kier molecular flexibility index (Phi) is 3.33. The molecule has 1 aliphatic heterocycles. The van der Waals surface area contributed by atoms with Crippen molar-refractivity contribution in [3.05, 3.63) is 24.2 Å². The molecule has 1 aromatic heterocycles. The maximum atomic E-state index is 9.79. The summed E-state index contributed by atoms with van der Waals surface area (Å²) in [7, 11) is 0. The zero-order chi connectivity index (χ0) is 11.6. The SMILES string of the molecule is CC1(C)CN(Cc2ccco2)CC(O)CN1. The molecule has 0 aromatic carbocycles. The van der Waals surface area contributed by atoms with E-state index in [4.69, 9.17) is 4.42 Å². The van der Waals surface area contributed by atoms with Gasteiger partial charge < -0.3 is 14.8 Å². The average Bonchev–Trinajstić information content (AvgIpc) is 2.62. The number of nitrogens with zero attached hydrogens (tertiary/aromatic N) is 1. The van der Waals surface area contributed by atoms with Crippen LogP contribution in [0.3, 0.4) is 0 Å². The van der Waals surface area contributed by atoms with E-state index in [1.165, 1.54) is 0 Å². The first-order chi connectivity index (χ1) is 7.55.